The zero-order valence-corrected chi connectivity index (χ0v) is 37.2. The van der Waals surface area contributed by atoms with Gasteiger partial charge in [0, 0.05) is 48.3 Å². The Hall–Kier alpha value is -7.08. The van der Waals surface area contributed by atoms with Crippen LogP contribution in [0.25, 0.3) is 89.4 Å². The Labute approximate surface area is 376 Å². The Bertz CT molecular complexity index is 3410. The molecule has 0 saturated carbocycles. The highest BCUT2D eigenvalue weighted by Gasteiger charge is 2.38. The summed E-state index contributed by atoms with van der Waals surface area (Å²) in [7, 11) is 0. The van der Waals surface area contributed by atoms with E-state index in [4.69, 9.17) is 19.9 Å². The molecule has 0 bridgehead atoms. The van der Waals surface area contributed by atoms with Gasteiger partial charge in [-0.3, -0.25) is 0 Å². The van der Waals surface area contributed by atoms with E-state index in [1.165, 1.54) is 44.5 Å². The number of benzene rings is 8. The molecular weight excluding hydrogens is 833 g/mol. The molecule has 302 valence electrons. The van der Waals surface area contributed by atoms with Gasteiger partial charge >= 0.3 is 0 Å². The second kappa shape index (κ2) is 15.1. The van der Waals surface area contributed by atoms with Crippen molar-refractivity contribution in [3.8, 4) is 67.5 Å². The Morgan fingerprint density at radius 1 is 0.349 bits per heavy atom. The van der Waals surface area contributed by atoms with Gasteiger partial charge in [0.2, 0.25) is 0 Å². The summed E-state index contributed by atoms with van der Waals surface area (Å²) in [6, 6.07) is 65.7. The number of fused-ring (bicyclic) bond motifs is 8. The highest BCUT2D eigenvalue weighted by Crippen LogP contribution is 2.53. The summed E-state index contributed by atoms with van der Waals surface area (Å²) in [6.07, 6.45) is 0. The van der Waals surface area contributed by atoms with Gasteiger partial charge in [-0.05, 0) is 68.8 Å². The van der Waals surface area contributed by atoms with Crippen LogP contribution >= 0.6 is 15.9 Å². The maximum Gasteiger partial charge on any atom is 0.161 e. The molecule has 0 atom stereocenters. The average molecular weight is 876 g/mol. The van der Waals surface area contributed by atoms with E-state index in [1.54, 1.807) is 0 Å². The molecule has 5 heteroatoms. The third-order valence-electron chi connectivity index (χ3n) is 13.1. The molecule has 0 fully saturated rings. The Kier molecular flexibility index (Phi) is 9.29. The monoisotopic (exact) mass is 874 g/mol. The topological polar surface area (TPSA) is 51.6 Å². The van der Waals surface area contributed by atoms with E-state index < -0.39 is 0 Å². The van der Waals surface area contributed by atoms with E-state index in [1.807, 2.05) is 24.3 Å². The maximum absolute atomic E-state index is 5.14. The highest BCUT2D eigenvalue weighted by molar-refractivity contribution is 9.10. The molecule has 0 amide bonds. The normalized spacial score (nSPS) is 13.7. The van der Waals surface area contributed by atoms with Crippen LogP contribution < -0.4 is 0 Å². The van der Waals surface area contributed by atoms with Crippen molar-refractivity contribution < 1.29 is 0 Å². The first-order chi connectivity index (χ1) is 30.7. The van der Waals surface area contributed by atoms with Crippen molar-refractivity contribution >= 4 is 37.7 Å². The fourth-order valence-electron chi connectivity index (χ4n) is 9.91. The number of rotatable bonds is 4. The van der Waals surface area contributed by atoms with Crippen molar-refractivity contribution in [2.24, 2.45) is 0 Å². The van der Waals surface area contributed by atoms with Crippen LogP contribution in [0.1, 0.15) is 49.9 Å². The molecule has 0 N–H and O–H groups in total. The first-order valence-corrected chi connectivity index (χ1v) is 22.3. The first-order valence-electron chi connectivity index (χ1n) is 21.5. The average Bonchev–Trinajstić information content (AvgIpc) is 3.70. The van der Waals surface area contributed by atoms with E-state index in [2.05, 4.69) is 207 Å². The number of nitrogens with zero attached hydrogens (tertiary/aromatic N) is 4. The second-order valence-electron chi connectivity index (χ2n) is 17.5. The summed E-state index contributed by atoms with van der Waals surface area (Å²) < 4.78 is 1.10. The highest BCUT2D eigenvalue weighted by atomic mass is 79.9. The quantitative estimate of drug-likeness (QED) is 0.177. The van der Waals surface area contributed by atoms with Crippen LogP contribution in [-0.2, 0) is 10.8 Å². The lowest BCUT2D eigenvalue weighted by molar-refractivity contribution is 0.660. The van der Waals surface area contributed by atoms with Crippen LogP contribution in [0.4, 0.5) is 0 Å². The predicted octanol–water partition coefficient (Wildman–Crippen LogP) is 15.3. The summed E-state index contributed by atoms with van der Waals surface area (Å²) >= 11 is 3.66. The second-order valence-corrected chi connectivity index (χ2v) is 18.4. The zero-order valence-electron chi connectivity index (χ0n) is 35.6. The van der Waals surface area contributed by atoms with Crippen molar-refractivity contribution in [1.82, 2.24) is 19.9 Å². The standard InChI is InChI=1S/C29H21BrN2.C29H22N2/c1-29(2)23-13-8-12-22(26(23)20-16-15-19(30)17-24(20)29)28-31-25-14-7-6-11-21(25)27(32-28)18-9-4-3-5-10-18;1-29(2)23-16-8-6-13-20(23)26-22(15-10-17-24(26)29)28-30-25-18-9-7-14-21(25)27(31-28)19-11-4-3-5-12-19/h3-17H,1-2H3;3-18H,1-2H3. The van der Waals surface area contributed by atoms with E-state index in [0.29, 0.717) is 0 Å². The lowest BCUT2D eigenvalue weighted by Crippen LogP contribution is -2.14. The molecule has 2 aliphatic carbocycles. The molecule has 0 spiro atoms. The van der Waals surface area contributed by atoms with Crippen LogP contribution in [0.15, 0.2) is 193 Å². The third kappa shape index (κ3) is 6.41. The number of halogens is 1. The van der Waals surface area contributed by atoms with Crippen molar-refractivity contribution in [2.45, 2.75) is 38.5 Å². The smallest absolute Gasteiger partial charge is 0.161 e. The number of hydrogen-bond donors (Lipinski definition) is 0. The van der Waals surface area contributed by atoms with Gasteiger partial charge in [0.15, 0.2) is 11.6 Å². The number of hydrogen-bond acceptors (Lipinski definition) is 4. The van der Waals surface area contributed by atoms with E-state index in [9.17, 15) is 0 Å². The van der Waals surface area contributed by atoms with E-state index >= 15 is 0 Å². The molecule has 2 aliphatic rings. The lowest BCUT2D eigenvalue weighted by atomic mass is 9.82. The van der Waals surface area contributed by atoms with Crippen molar-refractivity contribution in [1.29, 1.82) is 0 Å². The van der Waals surface area contributed by atoms with Gasteiger partial charge in [-0.1, -0.05) is 207 Å². The Morgan fingerprint density at radius 2 is 0.762 bits per heavy atom. The number of aromatic nitrogens is 4. The number of para-hydroxylation sites is 2. The summed E-state index contributed by atoms with van der Waals surface area (Å²) in [4.78, 5) is 20.3. The van der Waals surface area contributed by atoms with E-state index in [0.717, 1.165) is 71.6 Å². The summed E-state index contributed by atoms with van der Waals surface area (Å²) in [5, 5.41) is 2.14. The van der Waals surface area contributed by atoms with E-state index in [-0.39, 0.29) is 10.8 Å². The fraction of sp³-hybridized carbons (Fsp3) is 0.103. The molecule has 10 aromatic rings. The van der Waals surface area contributed by atoms with Gasteiger partial charge in [0.25, 0.3) is 0 Å². The largest absolute Gasteiger partial charge is 0.228 e. The summed E-state index contributed by atoms with van der Waals surface area (Å²) in [6.45, 7) is 9.20. The minimum Gasteiger partial charge on any atom is -0.228 e. The van der Waals surface area contributed by atoms with Gasteiger partial charge in [-0.25, -0.2) is 19.9 Å². The van der Waals surface area contributed by atoms with Crippen LogP contribution in [-0.4, -0.2) is 19.9 Å². The molecular formula is C58H43BrN4. The lowest BCUT2D eigenvalue weighted by Gasteiger charge is -2.21. The molecule has 0 aliphatic heterocycles. The fourth-order valence-corrected chi connectivity index (χ4v) is 10.3. The van der Waals surface area contributed by atoms with Crippen molar-refractivity contribution in [3.05, 3.63) is 215 Å². The molecule has 0 unspecified atom stereocenters. The molecule has 0 saturated heterocycles. The zero-order chi connectivity index (χ0) is 42.9. The van der Waals surface area contributed by atoms with Crippen molar-refractivity contribution in [2.75, 3.05) is 0 Å². The third-order valence-corrected chi connectivity index (χ3v) is 13.5. The van der Waals surface area contributed by atoms with Crippen LogP contribution in [0.2, 0.25) is 0 Å². The summed E-state index contributed by atoms with van der Waals surface area (Å²) in [5.41, 5.74) is 18.6. The molecule has 0 radical (unpaired) electrons. The van der Waals surface area contributed by atoms with Crippen LogP contribution in [0.5, 0.6) is 0 Å². The Balaban J connectivity index is 0.000000141. The van der Waals surface area contributed by atoms with Crippen molar-refractivity contribution in [3.63, 3.8) is 0 Å². The predicted molar refractivity (Wildman–Crippen MR) is 264 cm³/mol. The first kappa shape index (κ1) is 38.8. The molecule has 12 rings (SSSR count). The maximum atomic E-state index is 5.14. The van der Waals surface area contributed by atoms with Gasteiger partial charge in [-0.15, -0.1) is 0 Å². The molecule has 63 heavy (non-hydrogen) atoms. The molecule has 4 nitrogen and oxygen atoms in total. The van der Waals surface area contributed by atoms with Gasteiger partial charge < -0.3 is 0 Å². The van der Waals surface area contributed by atoms with Crippen LogP contribution in [0, 0.1) is 0 Å². The van der Waals surface area contributed by atoms with Crippen LogP contribution in [0.3, 0.4) is 0 Å². The summed E-state index contributed by atoms with van der Waals surface area (Å²) in [5.74, 6) is 1.55. The Morgan fingerprint density at radius 3 is 1.30 bits per heavy atom. The molecule has 8 aromatic carbocycles. The minimum atomic E-state index is -0.0798. The molecule has 2 heterocycles. The van der Waals surface area contributed by atoms with Gasteiger partial charge in [0.05, 0.1) is 22.4 Å². The minimum absolute atomic E-state index is 0.0406. The van der Waals surface area contributed by atoms with Gasteiger partial charge in [0.1, 0.15) is 0 Å². The SMILES string of the molecule is CC1(C)c2cc(Br)ccc2-c2c(-c3nc(-c4ccccc4)c4ccccc4n3)cccc21.CC1(C)c2ccccc2-c2c(-c3nc(-c4ccccc4)c4ccccc4n3)cccc21. The molecule has 2 aromatic heterocycles. The van der Waals surface area contributed by atoms with Gasteiger partial charge in [-0.2, -0.15) is 0 Å².